The predicted molar refractivity (Wildman–Crippen MR) is 150 cm³/mol. The monoisotopic (exact) mass is 599 g/mol. The van der Waals surface area contributed by atoms with Crippen LogP contribution in [0.4, 0.5) is 0 Å². The van der Waals surface area contributed by atoms with E-state index in [4.69, 9.17) is 0 Å². The summed E-state index contributed by atoms with van der Waals surface area (Å²) in [5, 5.41) is 19.0. The number of nitrogens with one attached hydrogen (secondary N) is 2. The largest absolute Gasteiger partial charge is 0.467 e. The van der Waals surface area contributed by atoms with Crippen molar-refractivity contribution in [2.45, 2.75) is 69.5 Å². The molecule has 1 fully saturated rings. The van der Waals surface area contributed by atoms with Gasteiger partial charge in [-0.2, -0.15) is 0 Å². The van der Waals surface area contributed by atoms with E-state index in [1.165, 1.54) is 6.92 Å². The SMILES string of the molecule is COC(=O)C(NC(C)=O)SC1CC(=O)N(CCC(=O)CCCCC(=O)NCc2ccc(-c3nnc(C)nn3)cc2)C1=O. The number of rotatable bonds is 15. The number of aryl methyl sites for hydroxylation is 1. The average Bonchev–Trinajstić information content (AvgIpc) is 3.24. The molecule has 1 aliphatic rings. The molecule has 2 aromatic rings. The van der Waals surface area contributed by atoms with Crippen molar-refractivity contribution in [2.75, 3.05) is 13.7 Å². The Kier molecular flexibility index (Phi) is 12.0. The summed E-state index contributed by atoms with van der Waals surface area (Å²) < 4.78 is 4.65. The van der Waals surface area contributed by atoms with Gasteiger partial charge in [0.15, 0.2) is 11.2 Å². The number of imide groups is 1. The Labute approximate surface area is 246 Å². The highest BCUT2D eigenvalue weighted by Crippen LogP contribution is 2.28. The van der Waals surface area contributed by atoms with E-state index >= 15 is 0 Å². The average molecular weight is 600 g/mol. The van der Waals surface area contributed by atoms with Gasteiger partial charge >= 0.3 is 5.97 Å². The molecule has 0 saturated carbocycles. The van der Waals surface area contributed by atoms with Crippen molar-refractivity contribution in [1.82, 2.24) is 35.9 Å². The molecule has 2 atom stereocenters. The molecule has 0 spiro atoms. The van der Waals surface area contributed by atoms with E-state index in [1.807, 2.05) is 24.3 Å². The normalized spacial score (nSPS) is 15.3. The predicted octanol–water partition coefficient (Wildman–Crippen LogP) is 0.874. The van der Waals surface area contributed by atoms with Crippen LogP contribution < -0.4 is 10.6 Å². The van der Waals surface area contributed by atoms with Crippen molar-refractivity contribution in [3.63, 3.8) is 0 Å². The maximum Gasteiger partial charge on any atom is 0.339 e. The lowest BCUT2D eigenvalue weighted by molar-refractivity contribution is -0.142. The number of hydrogen-bond acceptors (Lipinski definition) is 12. The second-order valence-corrected chi connectivity index (χ2v) is 10.9. The third-order valence-electron chi connectivity index (χ3n) is 6.26. The first kappa shape index (κ1) is 32.2. The molecule has 2 unspecified atom stereocenters. The van der Waals surface area contributed by atoms with Crippen LogP contribution in [0.25, 0.3) is 11.4 Å². The van der Waals surface area contributed by atoms with E-state index in [-0.39, 0.29) is 43.9 Å². The molecule has 1 aromatic heterocycles. The number of unbranched alkanes of at least 4 members (excludes halogenated alkanes) is 1. The number of hydrogen-bond donors (Lipinski definition) is 2. The van der Waals surface area contributed by atoms with E-state index in [1.54, 1.807) is 6.92 Å². The zero-order chi connectivity index (χ0) is 30.6. The molecule has 224 valence electrons. The van der Waals surface area contributed by atoms with Gasteiger partial charge in [-0.1, -0.05) is 24.3 Å². The van der Waals surface area contributed by atoms with E-state index in [0.717, 1.165) is 34.9 Å². The molecule has 1 aliphatic heterocycles. The Bertz CT molecular complexity index is 1300. The molecule has 14 nitrogen and oxygen atoms in total. The van der Waals surface area contributed by atoms with Gasteiger partial charge in [0.2, 0.25) is 29.5 Å². The third-order valence-corrected chi connectivity index (χ3v) is 7.54. The van der Waals surface area contributed by atoms with Gasteiger partial charge in [0.25, 0.3) is 0 Å². The number of carbonyl (C=O) groups excluding carboxylic acids is 6. The Morgan fingerprint density at radius 3 is 2.33 bits per heavy atom. The van der Waals surface area contributed by atoms with Crippen molar-refractivity contribution in [2.24, 2.45) is 0 Å². The van der Waals surface area contributed by atoms with Crippen LogP contribution in [-0.2, 0) is 40.0 Å². The topological polar surface area (TPSA) is 191 Å². The number of methoxy groups -OCH3 is 1. The minimum absolute atomic E-state index is 0.00291. The van der Waals surface area contributed by atoms with Crippen LogP contribution in [0.5, 0.6) is 0 Å². The Hall–Kier alpha value is -4.27. The molecule has 0 radical (unpaired) electrons. The maximum atomic E-state index is 12.7. The Balaban J connectivity index is 1.32. The lowest BCUT2D eigenvalue weighted by Crippen LogP contribution is -2.40. The van der Waals surface area contributed by atoms with Gasteiger partial charge in [-0.25, -0.2) is 4.79 Å². The molecular weight excluding hydrogens is 566 g/mol. The van der Waals surface area contributed by atoms with E-state index < -0.39 is 34.3 Å². The standard InChI is InChI=1S/C27H33N7O7S/c1-16-30-32-24(33-31-16)19-10-8-18(9-11-19)15-28-22(37)7-5-4-6-20(36)12-13-34-23(38)14-21(26(34)39)42-25(27(40)41-3)29-17(2)35/h8-11,21,25H,4-7,12-15H2,1-3H3,(H,28,37)(H,29,35). The third kappa shape index (κ3) is 9.68. The minimum Gasteiger partial charge on any atom is -0.467 e. The quantitative estimate of drug-likeness (QED) is 0.127. The fraction of sp³-hybridized carbons (Fsp3) is 0.481. The number of Topliss-reactive ketones (excluding diaryl/α,β-unsaturated/α-hetero) is 1. The van der Waals surface area contributed by atoms with Crippen LogP contribution in [0.15, 0.2) is 24.3 Å². The fourth-order valence-corrected chi connectivity index (χ4v) is 5.28. The molecule has 4 amide bonds. The molecule has 0 aliphatic carbocycles. The molecule has 3 rings (SSSR count). The summed E-state index contributed by atoms with van der Waals surface area (Å²) in [7, 11) is 1.16. The molecule has 15 heteroatoms. The summed E-state index contributed by atoms with van der Waals surface area (Å²) in [6.45, 7) is 3.22. The lowest BCUT2D eigenvalue weighted by Gasteiger charge is -2.18. The zero-order valence-electron chi connectivity index (χ0n) is 23.6. The summed E-state index contributed by atoms with van der Waals surface area (Å²) in [5.41, 5.74) is 1.67. The van der Waals surface area contributed by atoms with Crippen LogP contribution in [0.2, 0.25) is 0 Å². The first-order chi connectivity index (χ1) is 20.1. The second-order valence-electron chi connectivity index (χ2n) is 9.56. The smallest absolute Gasteiger partial charge is 0.339 e. The van der Waals surface area contributed by atoms with Crippen molar-refractivity contribution in [3.8, 4) is 11.4 Å². The lowest BCUT2D eigenvalue weighted by atomic mass is 10.1. The number of likely N-dealkylation sites (tertiary alicyclic amines) is 1. The van der Waals surface area contributed by atoms with Crippen LogP contribution in [0.1, 0.15) is 56.8 Å². The summed E-state index contributed by atoms with van der Waals surface area (Å²) in [4.78, 5) is 73.9. The number of aromatic nitrogens is 4. The number of nitrogens with zero attached hydrogens (tertiary/aromatic N) is 5. The highest BCUT2D eigenvalue weighted by molar-refractivity contribution is 8.01. The second kappa shape index (κ2) is 15.7. The number of thioether (sulfide) groups is 1. The fourth-order valence-electron chi connectivity index (χ4n) is 4.02. The summed E-state index contributed by atoms with van der Waals surface area (Å²) in [6, 6.07) is 7.37. The van der Waals surface area contributed by atoms with Crippen LogP contribution >= 0.6 is 11.8 Å². The van der Waals surface area contributed by atoms with Gasteiger partial charge in [-0.3, -0.25) is 28.9 Å². The first-order valence-electron chi connectivity index (χ1n) is 13.3. The molecule has 2 N–H and O–H groups in total. The molecule has 1 saturated heterocycles. The van der Waals surface area contributed by atoms with Gasteiger partial charge in [0, 0.05) is 51.3 Å². The maximum absolute atomic E-state index is 12.7. The molecule has 1 aromatic carbocycles. The van der Waals surface area contributed by atoms with E-state index in [0.29, 0.717) is 31.0 Å². The Morgan fingerprint density at radius 1 is 1.02 bits per heavy atom. The van der Waals surface area contributed by atoms with Gasteiger partial charge < -0.3 is 15.4 Å². The van der Waals surface area contributed by atoms with Crippen molar-refractivity contribution in [1.29, 1.82) is 0 Å². The van der Waals surface area contributed by atoms with E-state index in [2.05, 4.69) is 35.8 Å². The highest BCUT2D eigenvalue weighted by Gasteiger charge is 2.41. The number of carbonyl (C=O) groups is 6. The molecular formula is C27H33N7O7S. The van der Waals surface area contributed by atoms with Gasteiger partial charge in [0.05, 0.1) is 12.4 Å². The highest BCUT2D eigenvalue weighted by atomic mass is 32.2. The summed E-state index contributed by atoms with van der Waals surface area (Å²) >= 11 is 0.834. The van der Waals surface area contributed by atoms with Crippen LogP contribution in [0, 0.1) is 6.92 Å². The number of amides is 4. The zero-order valence-corrected chi connectivity index (χ0v) is 24.4. The molecule has 2 heterocycles. The van der Waals surface area contributed by atoms with Gasteiger partial charge in [-0.15, -0.1) is 32.2 Å². The van der Waals surface area contributed by atoms with Crippen LogP contribution in [0.3, 0.4) is 0 Å². The number of ether oxygens (including phenoxy) is 1. The number of esters is 1. The first-order valence-corrected chi connectivity index (χ1v) is 14.3. The van der Waals surface area contributed by atoms with Crippen molar-refractivity contribution >= 4 is 47.1 Å². The number of benzene rings is 1. The molecule has 0 bridgehead atoms. The summed E-state index contributed by atoms with van der Waals surface area (Å²) in [6.07, 6.45) is 1.36. The molecule has 42 heavy (non-hydrogen) atoms. The van der Waals surface area contributed by atoms with Gasteiger partial charge in [-0.05, 0) is 25.3 Å². The van der Waals surface area contributed by atoms with Crippen LogP contribution in [-0.4, -0.2) is 85.0 Å². The Morgan fingerprint density at radius 2 is 1.69 bits per heavy atom. The minimum atomic E-state index is -1.12. The van der Waals surface area contributed by atoms with Crippen molar-refractivity contribution < 1.29 is 33.5 Å². The number of ketones is 1. The van der Waals surface area contributed by atoms with E-state index in [9.17, 15) is 28.8 Å². The van der Waals surface area contributed by atoms with Gasteiger partial charge in [0.1, 0.15) is 5.78 Å². The summed E-state index contributed by atoms with van der Waals surface area (Å²) in [5.74, 6) is -1.53. The van der Waals surface area contributed by atoms with Crippen molar-refractivity contribution in [3.05, 3.63) is 35.7 Å².